The zero-order chi connectivity index (χ0) is 23.3. The van der Waals surface area contributed by atoms with Crippen LogP contribution in [0.3, 0.4) is 0 Å². The van der Waals surface area contributed by atoms with Gasteiger partial charge in [0.2, 0.25) is 0 Å². The van der Waals surface area contributed by atoms with Gasteiger partial charge < -0.3 is 15.6 Å². The van der Waals surface area contributed by atoms with Gasteiger partial charge in [-0.25, -0.2) is 0 Å². The lowest BCUT2D eigenvalue weighted by atomic mass is 9.44. The summed E-state index contributed by atoms with van der Waals surface area (Å²) in [6.07, 6.45) is 10.5. The molecule has 5 nitrogen and oxygen atoms in total. The number of carbonyl (C=O) groups is 1. The minimum Gasteiger partial charge on any atom is -0.469 e. The van der Waals surface area contributed by atoms with E-state index in [9.17, 15) is 9.90 Å². The molecule has 0 spiro atoms. The first-order valence-electron chi connectivity index (χ1n) is 12.9. The predicted octanol–water partition coefficient (Wildman–Crippen LogP) is 5.20. The Morgan fingerprint density at radius 3 is 2.62 bits per heavy atom. The highest BCUT2D eigenvalue weighted by atomic mass is 32.2. The van der Waals surface area contributed by atoms with E-state index in [0.717, 1.165) is 25.2 Å². The molecule has 4 saturated carbocycles. The van der Waals surface area contributed by atoms with Crippen molar-refractivity contribution in [3.63, 3.8) is 0 Å². The molecule has 0 heterocycles. The second kappa shape index (κ2) is 9.13. The molecule has 4 N–H and O–H groups in total. The molecule has 0 aromatic carbocycles. The Labute approximate surface area is 198 Å². The van der Waals surface area contributed by atoms with E-state index >= 15 is 0 Å². The monoisotopic (exact) mass is 464 g/mol. The van der Waals surface area contributed by atoms with E-state index in [1.165, 1.54) is 45.6 Å². The standard InChI is InChI=1S/C26H44N2O3S/c1-15(5-10-23(30)31-4)19-8-9-20-18-7-6-16-13-17(32-24(27)28)11-12-25(16,2)21(18)14-22(29)26(19,20)3/h15-22,29H,5-14H2,1-4H3,(H3,27,28)/t15-,16+,17+,18+,19-,20+,21+,22-,25+,26-/m1/s1. The van der Waals surface area contributed by atoms with Gasteiger partial charge in [-0.1, -0.05) is 32.5 Å². The van der Waals surface area contributed by atoms with E-state index < -0.39 is 0 Å². The summed E-state index contributed by atoms with van der Waals surface area (Å²) < 4.78 is 4.87. The molecule has 6 heteroatoms. The largest absolute Gasteiger partial charge is 0.469 e. The smallest absolute Gasteiger partial charge is 0.305 e. The Balaban J connectivity index is 1.50. The average Bonchev–Trinajstić information content (AvgIpc) is 3.11. The quantitative estimate of drug-likeness (QED) is 0.295. The number of amidine groups is 1. The maximum atomic E-state index is 11.7. The Morgan fingerprint density at radius 2 is 1.94 bits per heavy atom. The van der Waals surface area contributed by atoms with E-state index in [4.69, 9.17) is 15.9 Å². The number of ether oxygens (including phenoxy) is 1. The third-order valence-electron chi connectivity index (χ3n) is 10.8. The number of methoxy groups -OCH3 is 1. The lowest BCUT2D eigenvalue weighted by Crippen LogP contribution is -2.58. The second-order valence-corrected chi connectivity index (χ2v) is 13.3. The number of aliphatic hydroxyl groups is 1. The van der Waals surface area contributed by atoms with Crippen LogP contribution in [0.1, 0.15) is 85.0 Å². The lowest BCUT2D eigenvalue weighted by Gasteiger charge is -2.62. The third-order valence-corrected chi connectivity index (χ3v) is 11.8. The van der Waals surface area contributed by atoms with E-state index in [1.807, 2.05) is 0 Å². The van der Waals surface area contributed by atoms with Crippen LogP contribution in [0.5, 0.6) is 0 Å². The molecule has 4 aliphatic rings. The molecule has 4 fully saturated rings. The Bertz CT molecular complexity index is 732. The van der Waals surface area contributed by atoms with Gasteiger partial charge in [-0.15, -0.1) is 0 Å². The van der Waals surface area contributed by atoms with E-state index in [2.05, 4.69) is 20.8 Å². The normalized spacial score (nSPS) is 46.5. The lowest BCUT2D eigenvalue weighted by molar-refractivity contribution is -0.168. The first kappa shape index (κ1) is 24.4. The van der Waals surface area contributed by atoms with Gasteiger partial charge in [0.1, 0.15) is 0 Å². The molecule has 0 aromatic rings. The molecule has 182 valence electrons. The van der Waals surface area contributed by atoms with Crippen LogP contribution < -0.4 is 5.73 Å². The number of nitrogens with one attached hydrogen (secondary N) is 1. The van der Waals surface area contributed by atoms with Crippen LogP contribution in [0.4, 0.5) is 0 Å². The third kappa shape index (κ3) is 4.01. The molecule has 4 aliphatic carbocycles. The number of nitrogens with two attached hydrogens (primary N) is 1. The number of thioether (sulfide) groups is 1. The van der Waals surface area contributed by atoms with Crippen molar-refractivity contribution in [1.29, 1.82) is 5.41 Å². The van der Waals surface area contributed by atoms with Crippen LogP contribution in [-0.4, -0.2) is 34.7 Å². The molecule has 32 heavy (non-hydrogen) atoms. The van der Waals surface area contributed by atoms with Crippen molar-refractivity contribution in [3.8, 4) is 0 Å². The Kier molecular flexibility index (Phi) is 6.95. The maximum absolute atomic E-state index is 11.7. The van der Waals surface area contributed by atoms with Gasteiger partial charge in [0.05, 0.1) is 13.2 Å². The zero-order valence-electron chi connectivity index (χ0n) is 20.4. The number of fused-ring (bicyclic) bond motifs is 5. The number of hydrogen-bond acceptors (Lipinski definition) is 5. The molecule has 0 radical (unpaired) electrons. The number of aliphatic hydroxyl groups excluding tert-OH is 1. The first-order chi connectivity index (χ1) is 15.1. The summed E-state index contributed by atoms with van der Waals surface area (Å²) in [6, 6.07) is 0. The minimum absolute atomic E-state index is 0.0262. The molecular formula is C26H44N2O3S. The molecule has 0 bridgehead atoms. The van der Waals surface area contributed by atoms with Crippen LogP contribution in [-0.2, 0) is 9.53 Å². The van der Waals surface area contributed by atoms with Gasteiger partial charge in [-0.2, -0.15) is 0 Å². The summed E-state index contributed by atoms with van der Waals surface area (Å²) in [5.74, 6) is 3.43. The number of esters is 1. The Hall–Kier alpha value is -0.750. The maximum Gasteiger partial charge on any atom is 0.305 e. The van der Waals surface area contributed by atoms with Crippen LogP contribution in [0.2, 0.25) is 0 Å². The molecule has 4 rings (SSSR count). The van der Waals surface area contributed by atoms with Gasteiger partial charge in [-0.05, 0) is 104 Å². The molecular weight excluding hydrogens is 420 g/mol. The van der Waals surface area contributed by atoms with Crippen molar-refractivity contribution >= 4 is 22.9 Å². The molecule has 0 aromatic heterocycles. The molecule has 10 atom stereocenters. The summed E-state index contributed by atoms with van der Waals surface area (Å²) in [4.78, 5) is 11.7. The van der Waals surface area contributed by atoms with Crippen molar-refractivity contribution in [2.45, 2.75) is 96.3 Å². The summed E-state index contributed by atoms with van der Waals surface area (Å²) in [5, 5.41) is 20.1. The average molecular weight is 465 g/mol. The minimum atomic E-state index is -0.248. The molecule has 0 aliphatic heterocycles. The van der Waals surface area contributed by atoms with Crippen molar-refractivity contribution in [1.82, 2.24) is 0 Å². The topological polar surface area (TPSA) is 96.4 Å². The number of carbonyl (C=O) groups excluding carboxylic acids is 1. The summed E-state index contributed by atoms with van der Waals surface area (Å²) >= 11 is 1.57. The zero-order valence-corrected chi connectivity index (χ0v) is 21.3. The highest BCUT2D eigenvalue weighted by molar-refractivity contribution is 8.14. The highest BCUT2D eigenvalue weighted by Crippen LogP contribution is 2.68. The van der Waals surface area contributed by atoms with E-state index in [0.29, 0.717) is 46.7 Å². The number of rotatable bonds is 5. The van der Waals surface area contributed by atoms with Crippen molar-refractivity contribution in [3.05, 3.63) is 0 Å². The van der Waals surface area contributed by atoms with Crippen LogP contribution in [0, 0.1) is 51.7 Å². The molecule has 0 unspecified atom stereocenters. The SMILES string of the molecule is COC(=O)CC[C@@H](C)[C@H]1CC[C@H]2[C@@H]3CC[C@H]4C[C@@H](SC(=N)N)CC[C@]4(C)[C@H]3C[C@@H](O)[C@]12C. The fourth-order valence-electron chi connectivity index (χ4n) is 9.08. The predicted molar refractivity (Wildman–Crippen MR) is 130 cm³/mol. The second-order valence-electron chi connectivity index (χ2n) is 11.9. The Morgan fingerprint density at radius 1 is 1.19 bits per heavy atom. The molecule has 0 saturated heterocycles. The summed E-state index contributed by atoms with van der Waals surface area (Å²) in [6.45, 7) is 7.18. The van der Waals surface area contributed by atoms with Gasteiger partial charge in [0, 0.05) is 11.7 Å². The summed E-state index contributed by atoms with van der Waals surface area (Å²) in [7, 11) is 1.47. The van der Waals surface area contributed by atoms with Crippen molar-refractivity contribution in [2.24, 2.45) is 52.1 Å². The van der Waals surface area contributed by atoms with E-state index in [-0.39, 0.29) is 22.7 Å². The van der Waals surface area contributed by atoms with Gasteiger partial charge in [0.25, 0.3) is 0 Å². The van der Waals surface area contributed by atoms with Gasteiger partial charge >= 0.3 is 5.97 Å². The number of hydrogen-bond donors (Lipinski definition) is 3. The van der Waals surface area contributed by atoms with Crippen LogP contribution in [0.25, 0.3) is 0 Å². The highest BCUT2D eigenvalue weighted by Gasteiger charge is 2.63. The first-order valence-corrected chi connectivity index (χ1v) is 13.7. The fraction of sp³-hybridized carbons (Fsp3) is 0.923. The van der Waals surface area contributed by atoms with Crippen LogP contribution in [0.15, 0.2) is 0 Å². The van der Waals surface area contributed by atoms with Gasteiger partial charge in [-0.3, -0.25) is 10.2 Å². The fourth-order valence-corrected chi connectivity index (χ4v) is 10.0. The molecule has 0 amide bonds. The van der Waals surface area contributed by atoms with Gasteiger partial charge in [0.15, 0.2) is 5.17 Å². The van der Waals surface area contributed by atoms with E-state index in [1.54, 1.807) is 11.8 Å². The van der Waals surface area contributed by atoms with Crippen LogP contribution >= 0.6 is 11.8 Å². The summed E-state index contributed by atoms with van der Waals surface area (Å²) in [5.41, 5.74) is 5.98. The van der Waals surface area contributed by atoms with Crippen molar-refractivity contribution < 1.29 is 14.6 Å². The van der Waals surface area contributed by atoms with Crippen molar-refractivity contribution in [2.75, 3.05) is 7.11 Å².